The van der Waals surface area contributed by atoms with E-state index in [4.69, 9.17) is 9.94 Å². The third-order valence-electron chi connectivity index (χ3n) is 2.23. The summed E-state index contributed by atoms with van der Waals surface area (Å²) in [6, 6.07) is 1.69. The van der Waals surface area contributed by atoms with Gasteiger partial charge in [-0.1, -0.05) is 6.07 Å². The van der Waals surface area contributed by atoms with E-state index >= 15 is 0 Å². The number of hydroxylamine groups is 1. The molecule has 0 amide bonds. The molecule has 14 heavy (non-hydrogen) atoms. The van der Waals surface area contributed by atoms with E-state index < -0.39 is 0 Å². The van der Waals surface area contributed by atoms with Gasteiger partial charge in [0.2, 0.25) is 0 Å². The Kier molecular flexibility index (Phi) is 3.43. The molecule has 0 atom stereocenters. The van der Waals surface area contributed by atoms with Crippen molar-refractivity contribution in [2.24, 2.45) is 0 Å². The first-order valence-corrected chi connectivity index (χ1v) is 4.31. The molecule has 0 spiro atoms. The summed E-state index contributed by atoms with van der Waals surface area (Å²) in [5.41, 5.74) is 4.08. The fraction of sp³-hybridized carbons (Fsp3) is 0.400. The number of methoxy groups -OCH3 is 1. The second-order valence-electron chi connectivity index (χ2n) is 3.16. The molecule has 2 N–H and O–H groups in total. The van der Waals surface area contributed by atoms with Crippen molar-refractivity contribution in [2.45, 2.75) is 20.4 Å². The van der Waals surface area contributed by atoms with Crippen LogP contribution in [0.2, 0.25) is 0 Å². The van der Waals surface area contributed by atoms with Crippen LogP contribution in [0.15, 0.2) is 6.07 Å². The van der Waals surface area contributed by atoms with Gasteiger partial charge in [-0.25, -0.2) is 9.87 Å². The maximum Gasteiger partial charge on any atom is 0.168 e. The van der Waals surface area contributed by atoms with Crippen molar-refractivity contribution in [3.05, 3.63) is 28.6 Å². The maximum atomic E-state index is 13.5. The van der Waals surface area contributed by atoms with Gasteiger partial charge in [0, 0.05) is 6.54 Å². The highest BCUT2D eigenvalue weighted by atomic mass is 19.1. The van der Waals surface area contributed by atoms with Crippen molar-refractivity contribution in [1.82, 2.24) is 5.48 Å². The smallest absolute Gasteiger partial charge is 0.168 e. The van der Waals surface area contributed by atoms with Gasteiger partial charge in [0.25, 0.3) is 0 Å². The molecule has 0 heterocycles. The Morgan fingerprint density at radius 3 is 2.64 bits per heavy atom. The van der Waals surface area contributed by atoms with Crippen LogP contribution in [0, 0.1) is 19.7 Å². The molecule has 1 aromatic rings. The Balaban J connectivity index is 3.27. The predicted molar refractivity (Wildman–Crippen MR) is 51.1 cm³/mol. The average molecular weight is 199 g/mol. The Labute approximate surface area is 82.5 Å². The van der Waals surface area contributed by atoms with Crippen LogP contribution in [0.1, 0.15) is 16.7 Å². The summed E-state index contributed by atoms with van der Waals surface area (Å²) >= 11 is 0. The molecular formula is C10H14FNO2. The van der Waals surface area contributed by atoms with E-state index in [9.17, 15) is 4.39 Å². The van der Waals surface area contributed by atoms with Gasteiger partial charge in [-0.05, 0) is 30.5 Å². The number of hydrogen-bond acceptors (Lipinski definition) is 3. The topological polar surface area (TPSA) is 41.5 Å². The SMILES string of the molecule is COc1c(C)c(CNO)cc(C)c1F. The summed E-state index contributed by atoms with van der Waals surface area (Å²) in [6.07, 6.45) is 0. The molecule has 0 unspecified atom stereocenters. The van der Waals surface area contributed by atoms with Gasteiger partial charge >= 0.3 is 0 Å². The first-order chi connectivity index (χ1) is 6.61. The molecule has 4 heteroatoms. The van der Waals surface area contributed by atoms with Crippen LogP contribution in [0.4, 0.5) is 4.39 Å². The maximum absolute atomic E-state index is 13.5. The number of halogens is 1. The molecule has 0 saturated heterocycles. The minimum absolute atomic E-state index is 0.246. The summed E-state index contributed by atoms with van der Waals surface area (Å²) in [4.78, 5) is 0. The molecule has 0 bridgehead atoms. The van der Waals surface area contributed by atoms with Gasteiger partial charge in [-0.3, -0.25) is 0 Å². The highest BCUT2D eigenvalue weighted by Crippen LogP contribution is 2.27. The molecule has 78 valence electrons. The van der Waals surface area contributed by atoms with Crippen molar-refractivity contribution in [3.63, 3.8) is 0 Å². The van der Waals surface area contributed by atoms with Crippen molar-refractivity contribution in [2.75, 3.05) is 7.11 Å². The van der Waals surface area contributed by atoms with Crippen molar-refractivity contribution in [3.8, 4) is 5.75 Å². The summed E-state index contributed by atoms with van der Waals surface area (Å²) < 4.78 is 18.4. The van der Waals surface area contributed by atoms with Gasteiger partial charge in [-0.2, -0.15) is 0 Å². The lowest BCUT2D eigenvalue weighted by Gasteiger charge is -2.12. The number of benzene rings is 1. The fourth-order valence-electron chi connectivity index (χ4n) is 1.43. The van der Waals surface area contributed by atoms with E-state index in [1.54, 1.807) is 19.9 Å². The first-order valence-electron chi connectivity index (χ1n) is 4.31. The second-order valence-corrected chi connectivity index (χ2v) is 3.16. The summed E-state index contributed by atoms with van der Waals surface area (Å²) in [5, 5.41) is 8.58. The number of hydrogen-bond donors (Lipinski definition) is 2. The molecule has 0 aliphatic rings. The Morgan fingerprint density at radius 2 is 2.14 bits per heavy atom. The molecule has 0 saturated carbocycles. The standard InChI is InChI=1S/C10H14FNO2/c1-6-4-8(5-12-13)7(2)10(14-3)9(6)11/h4,12-13H,5H2,1-3H3. The van der Waals surface area contributed by atoms with E-state index in [1.165, 1.54) is 7.11 Å². The quantitative estimate of drug-likeness (QED) is 0.731. The minimum Gasteiger partial charge on any atom is -0.493 e. The van der Waals surface area contributed by atoms with Crippen LogP contribution in [-0.2, 0) is 6.54 Å². The predicted octanol–water partition coefficient (Wildman–Crippen LogP) is 1.93. The highest BCUT2D eigenvalue weighted by molar-refractivity contribution is 5.44. The molecule has 0 aromatic heterocycles. The second kappa shape index (κ2) is 4.39. The summed E-state index contributed by atoms with van der Waals surface area (Å²) in [6.45, 7) is 3.70. The normalized spacial score (nSPS) is 10.4. The minimum atomic E-state index is -0.341. The van der Waals surface area contributed by atoms with E-state index in [1.807, 2.05) is 5.48 Å². The number of ether oxygens (including phenoxy) is 1. The zero-order valence-electron chi connectivity index (χ0n) is 8.52. The van der Waals surface area contributed by atoms with Crippen molar-refractivity contribution >= 4 is 0 Å². The van der Waals surface area contributed by atoms with Gasteiger partial charge < -0.3 is 9.94 Å². The van der Waals surface area contributed by atoms with Crippen LogP contribution in [0.3, 0.4) is 0 Å². The Bertz CT molecular complexity index is 339. The first kappa shape index (κ1) is 10.9. The van der Waals surface area contributed by atoms with Crippen LogP contribution < -0.4 is 10.2 Å². The van der Waals surface area contributed by atoms with Crippen LogP contribution in [0.25, 0.3) is 0 Å². The zero-order chi connectivity index (χ0) is 10.7. The van der Waals surface area contributed by atoms with Crippen LogP contribution >= 0.6 is 0 Å². The molecule has 0 radical (unpaired) electrons. The molecular weight excluding hydrogens is 185 g/mol. The molecule has 0 aliphatic carbocycles. The van der Waals surface area contributed by atoms with E-state index in [-0.39, 0.29) is 18.1 Å². The zero-order valence-corrected chi connectivity index (χ0v) is 8.52. The van der Waals surface area contributed by atoms with Crippen LogP contribution in [-0.4, -0.2) is 12.3 Å². The highest BCUT2D eigenvalue weighted by Gasteiger charge is 2.13. The van der Waals surface area contributed by atoms with E-state index in [0.717, 1.165) is 5.56 Å². The van der Waals surface area contributed by atoms with Crippen molar-refractivity contribution < 1.29 is 14.3 Å². The van der Waals surface area contributed by atoms with Gasteiger partial charge in [-0.15, -0.1) is 0 Å². The van der Waals surface area contributed by atoms with Gasteiger partial charge in [0.15, 0.2) is 11.6 Å². The fourth-order valence-corrected chi connectivity index (χ4v) is 1.43. The monoisotopic (exact) mass is 199 g/mol. The largest absolute Gasteiger partial charge is 0.493 e. The number of rotatable bonds is 3. The number of aryl methyl sites for hydroxylation is 1. The lowest BCUT2D eigenvalue weighted by molar-refractivity contribution is 0.161. The Hall–Kier alpha value is -1.13. The summed E-state index contributed by atoms with van der Waals surface area (Å²) in [7, 11) is 1.43. The summed E-state index contributed by atoms with van der Waals surface area (Å²) in [5.74, 6) is -0.0954. The Morgan fingerprint density at radius 1 is 1.50 bits per heavy atom. The molecule has 0 aliphatic heterocycles. The molecule has 1 aromatic carbocycles. The average Bonchev–Trinajstić information content (AvgIpc) is 2.16. The molecule has 3 nitrogen and oxygen atoms in total. The lowest BCUT2D eigenvalue weighted by Crippen LogP contribution is -2.09. The number of nitrogens with one attached hydrogen (secondary N) is 1. The van der Waals surface area contributed by atoms with E-state index in [2.05, 4.69) is 0 Å². The third kappa shape index (κ3) is 1.86. The molecule has 0 fully saturated rings. The molecule has 1 rings (SSSR count). The lowest BCUT2D eigenvalue weighted by atomic mass is 10.0. The van der Waals surface area contributed by atoms with Gasteiger partial charge in [0.1, 0.15) is 0 Å². The third-order valence-corrected chi connectivity index (χ3v) is 2.23. The van der Waals surface area contributed by atoms with E-state index in [0.29, 0.717) is 11.1 Å². The van der Waals surface area contributed by atoms with Crippen LogP contribution in [0.5, 0.6) is 5.75 Å². The van der Waals surface area contributed by atoms with Gasteiger partial charge in [0.05, 0.1) is 7.11 Å². The van der Waals surface area contributed by atoms with Crippen molar-refractivity contribution in [1.29, 1.82) is 0 Å².